The first kappa shape index (κ1) is 35.8. The van der Waals surface area contributed by atoms with E-state index in [0.29, 0.717) is 42.3 Å². The maximum atomic E-state index is 12.8. The minimum atomic E-state index is -0.368. The van der Waals surface area contributed by atoms with Crippen molar-refractivity contribution in [2.24, 2.45) is 14.1 Å². The van der Waals surface area contributed by atoms with Crippen molar-refractivity contribution in [3.8, 4) is 22.6 Å². The molecule has 2 aliphatic rings. The summed E-state index contributed by atoms with van der Waals surface area (Å²) in [6, 6.07) is 20.7. The molecule has 0 saturated carbocycles. The number of aromatic nitrogens is 3. The van der Waals surface area contributed by atoms with Crippen molar-refractivity contribution in [2.45, 2.75) is 50.6 Å². The smallest absolute Gasteiger partial charge is 0.276 e. The molecule has 3 N–H and O–H groups in total. The van der Waals surface area contributed by atoms with Gasteiger partial charge in [0.2, 0.25) is 11.8 Å². The lowest BCUT2D eigenvalue weighted by Crippen LogP contribution is -2.47. The summed E-state index contributed by atoms with van der Waals surface area (Å²) >= 11 is 0. The molecule has 12 nitrogen and oxygen atoms in total. The molecular formula is C41H47N7O5. The van der Waals surface area contributed by atoms with E-state index in [4.69, 9.17) is 9.47 Å². The highest BCUT2D eigenvalue weighted by Gasteiger charge is 2.27. The van der Waals surface area contributed by atoms with Gasteiger partial charge in [0.05, 0.1) is 26.0 Å². The molecule has 2 amide bonds. The van der Waals surface area contributed by atoms with E-state index in [9.17, 15) is 14.4 Å². The van der Waals surface area contributed by atoms with Crippen LogP contribution in [0, 0.1) is 0 Å². The van der Waals surface area contributed by atoms with Crippen LogP contribution in [0.25, 0.3) is 22.0 Å². The molecule has 12 heteroatoms. The predicted molar refractivity (Wildman–Crippen MR) is 207 cm³/mol. The number of hydrogen-bond donors (Lipinski definition) is 3. The van der Waals surface area contributed by atoms with Crippen LogP contribution in [0.1, 0.15) is 48.3 Å². The van der Waals surface area contributed by atoms with Crippen LogP contribution in [0.5, 0.6) is 11.5 Å². The Morgan fingerprint density at radius 2 is 1.57 bits per heavy atom. The monoisotopic (exact) mass is 717 g/mol. The van der Waals surface area contributed by atoms with Crippen molar-refractivity contribution < 1.29 is 19.1 Å². The van der Waals surface area contributed by atoms with E-state index < -0.39 is 0 Å². The number of piperidine rings is 2. The second kappa shape index (κ2) is 15.5. The lowest BCUT2D eigenvalue weighted by Gasteiger charge is -2.32. The largest absolute Gasteiger partial charge is 0.496 e. The maximum Gasteiger partial charge on any atom is 0.276 e. The third-order valence-corrected chi connectivity index (χ3v) is 10.7. The zero-order valence-corrected chi connectivity index (χ0v) is 30.8. The van der Waals surface area contributed by atoms with E-state index in [1.165, 1.54) is 11.1 Å². The van der Waals surface area contributed by atoms with Crippen molar-refractivity contribution in [3.05, 3.63) is 100 Å². The Morgan fingerprint density at radius 1 is 0.887 bits per heavy atom. The third-order valence-electron chi connectivity index (χ3n) is 10.7. The van der Waals surface area contributed by atoms with Crippen molar-refractivity contribution in [3.63, 3.8) is 0 Å². The molecule has 0 spiro atoms. The maximum absolute atomic E-state index is 12.8. The number of nitrogens with one attached hydrogen (secondary N) is 3. The molecule has 1 unspecified atom stereocenters. The summed E-state index contributed by atoms with van der Waals surface area (Å²) in [6.45, 7) is 3.67. The number of carbonyl (C=O) groups excluding carboxylic acids is 2. The van der Waals surface area contributed by atoms with Crippen LogP contribution in [-0.2, 0) is 36.6 Å². The van der Waals surface area contributed by atoms with Gasteiger partial charge in [-0.05, 0) is 97.8 Å². The number of benzene rings is 3. The lowest BCUT2D eigenvalue weighted by atomic mass is 9.89. The number of ether oxygens (including phenoxy) is 2. The number of fused-ring (bicyclic) bond motifs is 1. The summed E-state index contributed by atoms with van der Waals surface area (Å²) in [5.74, 6) is 1.46. The van der Waals surface area contributed by atoms with E-state index >= 15 is 0 Å². The summed E-state index contributed by atoms with van der Waals surface area (Å²) < 4.78 is 14.9. The molecule has 4 heterocycles. The normalized spacial score (nSPS) is 16.8. The number of methoxy groups -OCH3 is 2. The minimum Gasteiger partial charge on any atom is -0.496 e. The molecule has 7 rings (SSSR count). The number of anilines is 2. The van der Waals surface area contributed by atoms with Crippen LogP contribution in [0.2, 0.25) is 0 Å². The number of hydrogen-bond acceptors (Lipinski definition) is 9. The van der Waals surface area contributed by atoms with Crippen molar-refractivity contribution >= 4 is 34.1 Å². The third kappa shape index (κ3) is 7.78. The van der Waals surface area contributed by atoms with Crippen LogP contribution < -0.4 is 31.0 Å². The summed E-state index contributed by atoms with van der Waals surface area (Å²) in [7, 11) is 6.83. The summed E-state index contributed by atoms with van der Waals surface area (Å²) in [5, 5.41) is 14.3. The first-order valence-corrected chi connectivity index (χ1v) is 18.2. The van der Waals surface area contributed by atoms with Crippen LogP contribution in [-0.4, -0.2) is 71.0 Å². The fraction of sp³-hybridized carbons (Fsp3) is 0.366. The van der Waals surface area contributed by atoms with Gasteiger partial charge >= 0.3 is 0 Å². The van der Waals surface area contributed by atoms with Gasteiger partial charge in [0.25, 0.3) is 5.56 Å². The number of rotatable bonds is 12. The molecule has 0 radical (unpaired) electrons. The highest BCUT2D eigenvalue weighted by Crippen LogP contribution is 2.37. The average Bonchev–Trinajstić information content (AvgIpc) is 3.57. The highest BCUT2D eigenvalue weighted by atomic mass is 16.5. The second-order valence-electron chi connectivity index (χ2n) is 14.0. The van der Waals surface area contributed by atoms with E-state index in [-0.39, 0.29) is 23.4 Å². The zero-order chi connectivity index (χ0) is 37.1. The minimum absolute atomic E-state index is 0.0988. The van der Waals surface area contributed by atoms with Crippen LogP contribution in [0.3, 0.4) is 0 Å². The topological polar surface area (TPSA) is 132 Å². The van der Waals surface area contributed by atoms with Crippen molar-refractivity contribution in [1.29, 1.82) is 0 Å². The molecule has 1 atom stereocenters. The molecular weight excluding hydrogens is 670 g/mol. The summed E-state index contributed by atoms with van der Waals surface area (Å²) in [4.78, 5) is 38.9. The van der Waals surface area contributed by atoms with Gasteiger partial charge in [-0.3, -0.25) is 24.4 Å². The van der Waals surface area contributed by atoms with Crippen LogP contribution >= 0.6 is 0 Å². The summed E-state index contributed by atoms with van der Waals surface area (Å²) in [5.41, 5.74) is 7.65. The van der Waals surface area contributed by atoms with Gasteiger partial charge in [-0.1, -0.05) is 24.3 Å². The number of imide groups is 1. The molecule has 53 heavy (non-hydrogen) atoms. The van der Waals surface area contributed by atoms with Gasteiger partial charge in [-0.15, -0.1) is 0 Å². The summed E-state index contributed by atoms with van der Waals surface area (Å²) in [6.07, 6.45) is 7.67. The Kier molecular flexibility index (Phi) is 10.5. The fourth-order valence-corrected chi connectivity index (χ4v) is 7.56. The number of carbonyl (C=O) groups is 2. The fourth-order valence-electron chi connectivity index (χ4n) is 7.56. The Labute approximate surface area is 309 Å². The lowest BCUT2D eigenvalue weighted by molar-refractivity contribution is -0.133. The number of likely N-dealkylation sites (tertiary alicyclic amines) is 1. The van der Waals surface area contributed by atoms with Crippen molar-refractivity contribution in [1.82, 2.24) is 24.6 Å². The van der Waals surface area contributed by atoms with Gasteiger partial charge in [0, 0.05) is 62.1 Å². The van der Waals surface area contributed by atoms with Gasteiger partial charge in [0.15, 0.2) is 0 Å². The number of nitrogens with zero attached hydrogens (tertiary/aromatic N) is 4. The Balaban J connectivity index is 0.910. The molecule has 276 valence electrons. The molecule has 2 aliphatic heterocycles. The van der Waals surface area contributed by atoms with Gasteiger partial charge in [-0.25, -0.2) is 0 Å². The average molecular weight is 718 g/mol. The second-order valence-corrected chi connectivity index (χ2v) is 14.0. The molecule has 0 bridgehead atoms. The molecule has 3 aromatic carbocycles. The van der Waals surface area contributed by atoms with E-state index in [2.05, 4.69) is 62.3 Å². The van der Waals surface area contributed by atoms with Gasteiger partial charge < -0.3 is 29.6 Å². The molecule has 2 saturated heterocycles. The van der Waals surface area contributed by atoms with E-state index in [1.54, 1.807) is 43.8 Å². The zero-order valence-electron chi connectivity index (χ0n) is 30.8. The van der Waals surface area contributed by atoms with E-state index in [1.807, 2.05) is 30.5 Å². The van der Waals surface area contributed by atoms with Crippen LogP contribution in [0.4, 0.5) is 11.4 Å². The molecule has 2 aromatic heterocycles. The molecule has 2 fully saturated rings. The predicted octanol–water partition coefficient (Wildman–Crippen LogP) is 5.21. The van der Waals surface area contributed by atoms with Crippen molar-refractivity contribution in [2.75, 3.05) is 44.5 Å². The number of amides is 2. The number of aryl methyl sites for hydroxylation is 2. The number of pyridine rings is 1. The SMILES string of the molecule is COc1cc(-c2cn(C)c(=O)c3c2cnn3C)cc(OC)c1CNc1ccc(CCN2CCC(c3ccc(NC4CCC(=O)NC4=O)cc3)CC2)cc1. The Bertz CT molecular complexity index is 2140. The first-order valence-electron chi connectivity index (χ1n) is 18.2. The van der Waals surface area contributed by atoms with Gasteiger partial charge in [0.1, 0.15) is 23.1 Å². The Hall–Kier alpha value is -5.62. The first-order chi connectivity index (χ1) is 25.7. The van der Waals surface area contributed by atoms with E-state index in [0.717, 1.165) is 72.3 Å². The highest BCUT2D eigenvalue weighted by molar-refractivity contribution is 6.01. The molecule has 5 aromatic rings. The van der Waals surface area contributed by atoms with Crippen LogP contribution in [0.15, 0.2) is 77.9 Å². The standard InChI is InChI=1S/C41H47N7O5/c1-46-25-34(32-24-43-47(2)39(32)41(46)51)29-21-36(52-3)33(37(22-29)53-4)23-42-30-9-5-26(6-10-30)15-18-48-19-16-28(17-20-48)27-7-11-31(12-8-27)44-35-13-14-38(49)45-40(35)50/h5-12,21-22,24-25,28,35,42,44H,13-20,23H2,1-4H3,(H,45,49,50). The van der Waals surface area contributed by atoms with Gasteiger partial charge in [-0.2, -0.15) is 5.10 Å². The Morgan fingerprint density at radius 3 is 2.23 bits per heavy atom. The quantitative estimate of drug-likeness (QED) is 0.149. The molecule has 0 aliphatic carbocycles.